The summed E-state index contributed by atoms with van der Waals surface area (Å²) >= 11 is 0. The molecule has 154 valence electrons. The van der Waals surface area contributed by atoms with Crippen LogP contribution in [-0.2, 0) is 17.8 Å². The van der Waals surface area contributed by atoms with Gasteiger partial charge >= 0.3 is 0 Å². The van der Waals surface area contributed by atoms with Crippen molar-refractivity contribution in [3.63, 3.8) is 0 Å². The molecule has 2 amide bonds. The van der Waals surface area contributed by atoms with Gasteiger partial charge in [0.2, 0.25) is 5.91 Å². The highest BCUT2D eigenvalue weighted by molar-refractivity contribution is 6.02. The molecule has 0 saturated heterocycles. The molecule has 1 unspecified atom stereocenters. The number of rotatable bonds is 4. The summed E-state index contributed by atoms with van der Waals surface area (Å²) in [5.41, 5.74) is 7.88. The van der Waals surface area contributed by atoms with Crippen molar-refractivity contribution in [2.45, 2.75) is 44.2 Å². The van der Waals surface area contributed by atoms with E-state index < -0.39 is 24.3 Å². The fraction of sp³-hybridized carbons (Fsp3) is 0.333. The summed E-state index contributed by atoms with van der Waals surface area (Å²) in [6.07, 6.45) is 0.563. The van der Waals surface area contributed by atoms with Crippen molar-refractivity contribution in [3.8, 4) is 0 Å². The summed E-state index contributed by atoms with van der Waals surface area (Å²) in [5, 5.41) is 4.00. The van der Waals surface area contributed by atoms with Crippen molar-refractivity contribution < 1.29 is 18.4 Å². The van der Waals surface area contributed by atoms with E-state index in [-0.39, 0.29) is 29.4 Å². The van der Waals surface area contributed by atoms with E-state index in [2.05, 4.69) is 10.1 Å². The maximum Gasteiger partial charge on any atom is 0.280 e. The first-order chi connectivity index (χ1) is 14.4. The first kappa shape index (κ1) is 18.7. The normalized spacial score (nSPS) is 18.6. The molecular formula is C21H19F2N5O2. The topological polar surface area (TPSA) is 93.6 Å². The minimum atomic E-state index is -2.75. The number of nitrogens with two attached hydrogens (primary N) is 1. The summed E-state index contributed by atoms with van der Waals surface area (Å²) in [4.78, 5) is 31.4. The fourth-order valence-electron chi connectivity index (χ4n) is 4.05. The average molecular weight is 411 g/mol. The Balaban J connectivity index is 1.59. The Hall–Kier alpha value is -3.36. The average Bonchev–Trinajstić information content (AvgIpc) is 3.50. The molecular weight excluding hydrogens is 392 g/mol. The maximum atomic E-state index is 13.6. The summed E-state index contributed by atoms with van der Waals surface area (Å²) in [6, 6.07) is 8.06. The Bertz CT molecular complexity index is 1170. The van der Waals surface area contributed by atoms with E-state index in [0.717, 1.165) is 28.5 Å². The van der Waals surface area contributed by atoms with Crippen LogP contribution in [0.1, 0.15) is 58.1 Å². The van der Waals surface area contributed by atoms with Crippen molar-refractivity contribution in [2.24, 2.45) is 5.73 Å². The predicted molar refractivity (Wildman–Crippen MR) is 103 cm³/mol. The molecule has 7 nitrogen and oxygen atoms in total. The van der Waals surface area contributed by atoms with Gasteiger partial charge in [-0.2, -0.15) is 5.10 Å². The maximum absolute atomic E-state index is 13.6. The highest BCUT2D eigenvalue weighted by Gasteiger charge is 2.36. The molecule has 1 fully saturated rings. The van der Waals surface area contributed by atoms with Gasteiger partial charge in [-0.3, -0.25) is 9.59 Å². The first-order valence-electron chi connectivity index (χ1n) is 9.78. The lowest BCUT2D eigenvalue weighted by Crippen LogP contribution is -2.51. The summed E-state index contributed by atoms with van der Waals surface area (Å²) in [5.74, 6) is -0.983. The molecule has 0 bridgehead atoms. The number of primary amides is 1. The molecule has 2 aliphatic rings. The number of carbonyl (C=O) groups excluding carboxylic acids is 2. The van der Waals surface area contributed by atoms with Crippen molar-refractivity contribution in [1.29, 1.82) is 0 Å². The number of aromatic nitrogens is 3. The largest absolute Gasteiger partial charge is 0.368 e. The van der Waals surface area contributed by atoms with Crippen LogP contribution in [0.15, 0.2) is 36.5 Å². The standard InChI is InChI=1S/C21H19F2N5O2/c22-18(23)16-8-15(11-5-6-11)26-20-14(9-25-28(16)20)21(30)27-10-13-4-2-1-3-12(13)7-17(27)19(24)29/h1-4,8-9,11,17-18H,5-7,10H2,(H2,24,29). The Morgan fingerprint density at radius 3 is 2.57 bits per heavy atom. The lowest BCUT2D eigenvalue weighted by molar-refractivity contribution is -0.122. The number of carbonyl (C=O) groups is 2. The van der Waals surface area contributed by atoms with E-state index in [0.29, 0.717) is 12.1 Å². The van der Waals surface area contributed by atoms with Gasteiger partial charge in [0.15, 0.2) is 5.65 Å². The van der Waals surface area contributed by atoms with Gasteiger partial charge in [-0.1, -0.05) is 24.3 Å². The van der Waals surface area contributed by atoms with E-state index in [1.165, 1.54) is 17.2 Å². The van der Waals surface area contributed by atoms with Gasteiger partial charge in [0.25, 0.3) is 12.3 Å². The summed E-state index contributed by atoms with van der Waals surface area (Å²) in [7, 11) is 0. The van der Waals surface area contributed by atoms with Gasteiger partial charge in [0.05, 0.1) is 6.20 Å². The predicted octanol–water partition coefficient (Wildman–Crippen LogP) is 2.60. The Kier molecular flexibility index (Phi) is 4.27. The zero-order valence-electron chi connectivity index (χ0n) is 16.0. The second kappa shape index (κ2) is 6.86. The number of alkyl halides is 2. The van der Waals surface area contributed by atoms with Gasteiger partial charge in [0, 0.05) is 24.6 Å². The second-order valence-corrected chi connectivity index (χ2v) is 7.80. The van der Waals surface area contributed by atoms with Crippen molar-refractivity contribution in [3.05, 3.63) is 64.6 Å². The van der Waals surface area contributed by atoms with Crippen molar-refractivity contribution in [1.82, 2.24) is 19.5 Å². The van der Waals surface area contributed by atoms with Crippen LogP contribution in [-0.4, -0.2) is 37.4 Å². The van der Waals surface area contributed by atoms with Crippen molar-refractivity contribution >= 4 is 17.5 Å². The van der Waals surface area contributed by atoms with Crippen LogP contribution in [0.25, 0.3) is 5.65 Å². The SMILES string of the molecule is NC(=O)C1Cc2ccccc2CN1C(=O)c1cnn2c(C(F)F)cc(C3CC3)nc12. The quantitative estimate of drug-likeness (QED) is 0.714. The number of benzene rings is 1. The molecule has 2 aromatic heterocycles. The monoisotopic (exact) mass is 411 g/mol. The molecule has 3 heterocycles. The highest BCUT2D eigenvalue weighted by Crippen LogP contribution is 2.40. The van der Waals surface area contributed by atoms with Gasteiger partial charge < -0.3 is 10.6 Å². The molecule has 1 saturated carbocycles. The zero-order valence-corrected chi connectivity index (χ0v) is 16.0. The number of amides is 2. The first-order valence-corrected chi connectivity index (χ1v) is 9.78. The number of hydrogen-bond donors (Lipinski definition) is 1. The Morgan fingerprint density at radius 2 is 1.90 bits per heavy atom. The van der Waals surface area contributed by atoms with Crippen LogP contribution in [0.4, 0.5) is 8.78 Å². The molecule has 1 aromatic carbocycles. The molecule has 5 rings (SSSR count). The lowest BCUT2D eigenvalue weighted by atomic mass is 9.93. The van der Waals surface area contributed by atoms with Crippen LogP contribution in [0.5, 0.6) is 0 Å². The van der Waals surface area contributed by atoms with Crippen LogP contribution in [0, 0.1) is 0 Å². The summed E-state index contributed by atoms with van der Waals surface area (Å²) in [6.45, 7) is 0.198. The van der Waals surface area contributed by atoms with E-state index in [1.807, 2.05) is 24.3 Å². The molecule has 9 heteroatoms. The van der Waals surface area contributed by atoms with Gasteiger partial charge in [-0.05, 0) is 30.0 Å². The van der Waals surface area contributed by atoms with E-state index >= 15 is 0 Å². The Morgan fingerprint density at radius 1 is 1.17 bits per heavy atom. The molecule has 30 heavy (non-hydrogen) atoms. The van der Waals surface area contributed by atoms with Gasteiger partial charge in [0.1, 0.15) is 17.3 Å². The molecule has 1 aliphatic heterocycles. The lowest BCUT2D eigenvalue weighted by Gasteiger charge is -2.34. The van der Waals surface area contributed by atoms with Gasteiger partial charge in [-0.15, -0.1) is 0 Å². The molecule has 2 N–H and O–H groups in total. The highest BCUT2D eigenvalue weighted by atomic mass is 19.3. The molecule has 1 aliphatic carbocycles. The van der Waals surface area contributed by atoms with E-state index in [9.17, 15) is 18.4 Å². The molecule has 1 atom stereocenters. The van der Waals surface area contributed by atoms with Crippen molar-refractivity contribution in [2.75, 3.05) is 0 Å². The van der Waals surface area contributed by atoms with Gasteiger partial charge in [-0.25, -0.2) is 18.3 Å². The smallest absolute Gasteiger partial charge is 0.280 e. The number of fused-ring (bicyclic) bond motifs is 2. The molecule has 0 radical (unpaired) electrons. The van der Waals surface area contributed by atoms with Crippen LogP contribution in [0.2, 0.25) is 0 Å². The summed E-state index contributed by atoms with van der Waals surface area (Å²) < 4.78 is 28.2. The second-order valence-electron chi connectivity index (χ2n) is 7.80. The van der Waals surface area contributed by atoms with Crippen LogP contribution < -0.4 is 5.73 Å². The third-order valence-electron chi connectivity index (χ3n) is 5.81. The number of hydrogen-bond acceptors (Lipinski definition) is 4. The fourth-order valence-corrected chi connectivity index (χ4v) is 4.05. The Labute approximate surface area is 170 Å². The number of halogens is 2. The van der Waals surface area contributed by atoms with E-state index in [4.69, 9.17) is 5.73 Å². The van der Waals surface area contributed by atoms with Crippen LogP contribution in [0.3, 0.4) is 0 Å². The third kappa shape index (κ3) is 3.01. The zero-order chi connectivity index (χ0) is 21.0. The number of nitrogens with zero attached hydrogens (tertiary/aromatic N) is 4. The third-order valence-corrected chi connectivity index (χ3v) is 5.81. The van der Waals surface area contributed by atoms with Crippen LogP contribution >= 0.6 is 0 Å². The minimum absolute atomic E-state index is 0.0850. The molecule has 0 spiro atoms. The van der Waals surface area contributed by atoms with E-state index in [1.54, 1.807) is 0 Å². The molecule has 3 aromatic rings. The minimum Gasteiger partial charge on any atom is -0.368 e.